The summed E-state index contributed by atoms with van der Waals surface area (Å²) in [6.07, 6.45) is 5.29. The molecule has 0 saturated heterocycles. The maximum Gasteiger partial charge on any atom is 0.156 e. The summed E-state index contributed by atoms with van der Waals surface area (Å²) in [6, 6.07) is 6.35. The maximum absolute atomic E-state index is 12.9. The Balaban J connectivity index is 2.24. The molecule has 17 heavy (non-hydrogen) atoms. The Labute approximate surface area is 97.6 Å². The summed E-state index contributed by atoms with van der Waals surface area (Å²) in [5.41, 5.74) is 3.59. The predicted molar refractivity (Wildman–Crippen MR) is 63.1 cm³/mol. The van der Waals surface area contributed by atoms with Gasteiger partial charge in [0.15, 0.2) is 5.65 Å². The van der Waals surface area contributed by atoms with E-state index in [1.807, 2.05) is 17.5 Å². The van der Waals surface area contributed by atoms with Gasteiger partial charge in [0.1, 0.15) is 5.82 Å². The van der Waals surface area contributed by atoms with Crippen molar-refractivity contribution >= 4 is 5.65 Å². The van der Waals surface area contributed by atoms with Gasteiger partial charge in [0.25, 0.3) is 0 Å². The van der Waals surface area contributed by atoms with Gasteiger partial charge in [-0.2, -0.15) is 0 Å². The lowest BCUT2D eigenvalue weighted by Gasteiger charge is -1.98. The van der Waals surface area contributed by atoms with E-state index >= 15 is 0 Å². The Bertz CT molecular complexity index is 671. The van der Waals surface area contributed by atoms with Crippen molar-refractivity contribution < 1.29 is 4.39 Å². The molecule has 0 amide bonds. The highest BCUT2D eigenvalue weighted by Gasteiger charge is 2.09. The van der Waals surface area contributed by atoms with Gasteiger partial charge in [0.05, 0.1) is 11.9 Å². The summed E-state index contributed by atoms with van der Waals surface area (Å²) in [6.45, 7) is 1.98. The molecule has 0 aliphatic heterocycles. The normalized spacial score (nSPS) is 10.9. The summed E-state index contributed by atoms with van der Waals surface area (Å²) in [4.78, 5) is 8.52. The second-order valence-electron chi connectivity index (χ2n) is 3.86. The SMILES string of the molecule is Cc1c(-c2ccc(F)cc2)nc2cnccn12. The van der Waals surface area contributed by atoms with Crippen LogP contribution in [0.3, 0.4) is 0 Å². The smallest absolute Gasteiger partial charge is 0.156 e. The number of imidazole rings is 1. The first-order chi connectivity index (χ1) is 8.25. The standard InChI is InChI=1S/C13H10FN3/c1-9-13(10-2-4-11(14)5-3-10)16-12-8-15-6-7-17(9)12/h2-8H,1H3. The fraction of sp³-hybridized carbons (Fsp3) is 0.0769. The number of aryl methyl sites for hydroxylation is 1. The molecule has 0 bridgehead atoms. The Hall–Kier alpha value is -2.23. The number of benzene rings is 1. The molecule has 3 nitrogen and oxygen atoms in total. The summed E-state index contributed by atoms with van der Waals surface area (Å²) >= 11 is 0. The molecule has 0 unspecified atom stereocenters. The van der Waals surface area contributed by atoms with Crippen LogP contribution in [0.1, 0.15) is 5.69 Å². The highest BCUT2D eigenvalue weighted by molar-refractivity contribution is 5.65. The van der Waals surface area contributed by atoms with Gasteiger partial charge >= 0.3 is 0 Å². The Morgan fingerprint density at radius 2 is 1.94 bits per heavy atom. The molecule has 2 heterocycles. The minimum atomic E-state index is -0.239. The van der Waals surface area contributed by atoms with Gasteiger partial charge in [-0.1, -0.05) is 0 Å². The Kier molecular flexibility index (Phi) is 2.14. The van der Waals surface area contributed by atoms with E-state index in [-0.39, 0.29) is 5.82 Å². The number of nitrogens with zero attached hydrogens (tertiary/aromatic N) is 3. The molecule has 1 aromatic carbocycles. The van der Waals surface area contributed by atoms with Crippen molar-refractivity contribution in [1.29, 1.82) is 0 Å². The monoisotopic (exact) mass is 227 g/mol. The average Bonchev–Trinajstić information content (AvgIpc) is 2.69. The molecule has 0 saturated carbocycles. The van der Waals surface area contributed by atoms with Crippen LogP contribution in [-0.4, -0.2) is 14.4 Å². The van der Waals surface area contributed by atoms with E-state index in [1.165, 1.54) is 12.1 Å². The largest absolute Gasteiger partial charge is 0.301 e. The van der Waals surface area contributed by atoms with Crippen molar-refractivity contribution in [3.05, 3.63) is 54.4 Å². The lowest BCUT2D eigenvalue weighted by atomic mass is 10.1. The van der Waals surface area contributed by atoms with E-state index in [0.717, 1.165) is 22.6 Å². The molecular weight excluding hydrogens is 217 g/mol. The molecule has 0 spiro atoms. The van der Waals surface area contributed by atoms with Crippen LogP contribution in [0, 0.1) is 12.7 Å². The molecule has 2 aromatic heterocycles. The van der Waals surface area contributed by atoms with E-state index in [2.05, 4.69) is 9.97 Å². The van der Waals surface area contributed by atoms with Crippen LogP contribution < -0.4 is 0 Å². The predicted octanol–water partition coefficient (Wildman–Crippen LogP) is 2.84. The minimum Gasteiger partial charge on any atom is -0.301 e. The number of aromatic nitrogens is 3. The van der Waals surface area contributed by atoms with Crippen molar-refractivity contribution in [2.75, 3.05) is 0 Å². The fourth-order valence-corrected chi connectivity index (χ4v) is 1.91. The van der Waals surface area contributed by atoms with E-state index in [0.29, 0.717) is 0 Å². The third-order valence-corrected chi connectivity index (χ3v) is 2.79. The van der Waals surface area contributed by atoms with E-state index in [1.54, 1.807) is 24.5 Å². The molecule has 0 radical (unpaired) electrons. The molecule has 0 N–H and O–H groups in total. The molecule has 4 heteroatoms. The maximum atomic E-state index is 12.9. The molecule has 0 atom stereocenters. The summed E-state index contributed by atoms with van der Waals surface area (Å²) in [5.74, 6) is -0.239. The van der Waals surface area contributed by atoms with Gasteiger partial charge in [-0.05, 0) is 31.2 Å². The number of hydrogen-bond donors (Lipinski definition) is 0. The van der Waals surface area contributed by atoms with Crippen LogP contribution in [0.15, 0.2) is 42.9 Å². The van der Waals surface area contributed by atoms with Crippen LogP contribution in [-0.2, 0) is 0 Å². The van der Waals surface area contributed by atoms with Crippen LogP contribution in [0.2, 0.25) is 0 Å². The van der Waals surface area contributed by atoms with Crippen molar-refractivity contribution in [3.63, 3.8) is 0 Å². The highest BCUT2D eigenvalue weighted by atomic mass is 19.1. The van der Waals surface area contributed by atoms with Crippen LogP contribution in [0.5, 0.6) is 0 Å². The molecule has 0 aliphatic carbocycles. The number of halogens is 1. The highest BCUT2D eigenvalue weighted by Crippen LogP contribution is 2.23. The fourth-order valence-electron chi connectivity index (χ4n) is 1.91. The van der Waals surface area contributed by atoms with Crippen molar-refractivity contribution in [3.8, 4) is 11.3 Å². The third kappa shape index (κ3) is 1.58. The first-order valence-electron chi connectivity index (χ1n) is 5.30. The molecule has 0 aliphatic rings. The van der Waals surface area contributed by atoms with E-state index in [4.69, 9.17) is 0 Å². The zero-order chi connectivity index (χ0) is 11.8. The van der Waals surface area contributed by atoms with Gasteiger partial charge in [0, 0.05) is 23.7 Å². The number of rotatable bonds is 1. The van der Waals surface area contributed by atoms with Crippen LogP contribution >= 0.6 is 0 Å². The second-order valence-corrected chi connectivity index (χ2v) is 3.86. The molecule has 84 valence electrons. The van der Waals surface area contributed by atoms with Gasteiger partial charge in [-0.3, -0.25) is 4.98 Å². The summed E-state index contributed by atoms with van der Waals surface area (Å²) < 4.78 is 14.8. The summed E-state index contributed by atoms with van der Waals surface area (Å²) in [5, 5.41) is 0. The molecular formula is C13H10FN3. The molecule has 0 fully saturated rings. The lowest BCUT2D eigenvalue weighted by Crippen LogP contribution is -1.87. The van der Waals surface area contributed by atoms with E-state index in [9.17, 15) is 4.39 Å². The van der Waals surface area contributed by atoms with Crippen LogP contribution in [0.25, 0.3) is 16.9 Å². The number of fused-ring (bicyclic) bond motifs is 1. The zero-order valence-electron chi connectivity index (χ0n) is 9.26. The van der Waals surface area contributed by atoms with Crippen molar-refractivity contribution in [2.24, 2.45) is 0 Å². The quantitative estimate of drug-likeness (QED) is 0.640. The Morgan fingerprint density at radius 3 is 2.65 bits per heavy atom. The van der Waals surface area contributed by atoms with E-state index < -0.39 is 0 Å². The first kappa shape index (κ1) is 9.96. The van der Waals surface area contributed by atoms with Gasteiger partial charge in [-0.15, -0.1) is 0 Å². The third-order valence-electron chi connectivity index (χ3n) is 2.79. The molecule has 3 rings (SSSR count). The topological polar surface area (TPSA) is 30.2 Å². The summed E-state index contributed by atoms with van der Waals surface area (Å²) in [7, 11) is 0. The molecule has 3 aromatic rings. The van der Waals surface area contributed by atoms with Gasteiger partial charge in [0.2, 0.25) is 0 Å². The van der Waals surface area contributed by atoms with Crippen molar-refractivity contribution in [1.82, 2.24) is 14.4 Å². The van der Waals surface area contributed by atoms with Gasteiger partial charge in [-0.25, -0.2) is 9.37 Å². The number of hydrogen-bond acceptors (Lipinski definition) is 2. The average molecular weight is 227 g/mol. The van der Waals surface area contributed by atoms with Gasteiger partial charge < -0.3 is 4.40 Å². The first-order valence-corrected chi connectivity index (χ1v) is 5.30. The second kappa shape index (κ2) is 3.66. The zero-order valence-corrected chi connectivity index (χ0v) is 9.26. The van der Waals surface area contributed by atoms with Crippen LogP contribution in [0.4, 0.5) is 4.39 Å². The minimum absolute atomic E-state index is 0.239. The lowest BCUT2D eigenvalue weighted by molar-refractivity contribution is 0.628. The Morgan fingerprint density at radius 1 is 1.18 bits per heavy atom. The van der Waals surface area contributed by atoms with Crippen molar-refractivity contribution in [2.45, 2.75) is 6.92 Å².